The number of amides is 1. The first-order chi connectivity index (χ1) is 10.3. The van der Waals surface area contributed by atoms with Crippen LogP contribution in [0.3, 0.4) is 0 Å². The summed E-state index contributed by atoms with van der Waals surface area (Å²) in [6.07, 6.45) is 10.1. The monoisotopic (exact) mass is 310 g/mol. The van der Waals surface area contributed by atoms with Gasteiger partial charge in [-0.25, -0.2) is 4.79 Å². The Morgan fingerprint density at radius 3 is 2.27 bits per heavy atom. The molecule has 2 aliphatic rings. The Kier molecular flexibility index (Phi) is 5.76. The first-order valence-corrected chi connectivity index (χ1v) is 9.02. The zero-order chi connectivity index (χ0) is 16.2. The van der Waals surface area contributed by atoms with E-state index < -0.39 is 5.60 Å². The van der Waals surface area contributed by atoms with Crippen molar-refractivity contribution in [2.75, 3.05) is 19.6 Å². The van der Waals surface area contributed by atoms with Gasteiger partial charge in [-0.1, -0.05) is 32.1 Å². The lowest BCUT2D eigenvalue weighted by Gasteiger charge is -2.43. The molecule has 22 heavy (non-hydrogen) atoms. The van der Waals surface area contributed by atoms with E-state index in [0.29, 0.717) is 0 Å². The van der Waals surface area contributed by atoms with Crippen molar-refractivity contribution in [1.82, 2.24) is 4.90 Å². The van der Waals surface area contributed by atoms with Gasteiger partial charge in [-0.15, -0.1) is 0 Å². The Labute approximate surface area is 135 Å². The van der Waals surface area contributed by atoms with Gasteiger partial charge in [-0.2, -0.15) is 0 Å². The molecule has 0 bridgehead atoms. The largest absolute Gasteiger partial charge is 0.444 e. The van der Waals surface area contributed by atoms with Crippen LogP contribution in [0.2, 0.25) is 0 Å². The number of rotatable bonds is 3. The molecule has 1 saturated heterocycles. The summed E-state index contributed by atoms with van der Waals surface area (Å²) >= 11 is 0. The minimum absolute atomic E-state index is 0.171. The van der Waals surface area contributed by atoms with E-state index in [1.54, 1.807) is 0 Å². The molecule has 0 aromatic rings. The molecule has 4 heteroatoms. The van der Waals surface area contributed by atoms with E-state index in [4.69, 9.17) is 10.5 Å². The number of hydrogen-bond donors (Lipinski definition) is 1. The van der Waals surface area contributed by atoms with Crippen molar-refractivity contribution in [3.63, 3.8) is 0 Å². The maximum absolute atomic E-state index is 12.2. The molecule has 2 rings (SSSR count). The van der Waals surface area contributed by atoms with Gasteiger partial charge in [0.2, 0.25) is 0 Å². The van der Waals surface area contributed by atoms with Crippen LogP contribution in [0.25, 0.3) is 0 Å². The van der Waals surface area contributed by atoms with Gasteiger partial charge in [0.15, 0.2) is 0 Å². The van der Waals surface area contributed by atoms with Crippen LogP contribution in [0, 0.1) is 11.3 Å². The van der Waals surface area contributed by atoms with Crippen LogP contribution in [-0.4, -0.2) is 36.2 Å². The quantitative estimate of drug-likeness (QED) is 0.859. The van der Waals surface area contributed by atoms with Gasteiger partial charge in [0.05, 0.1) is 0 Å². The van der Waals surface area contributed by atoms with Gasteiger partial charge in [0.1, 0.15) is 5.60 Å². The van der Waals surface area contributed by atoms with Crippen molar-refractivity contribution in [3.8, 4) is 0 Å². The van der Waals surface area contributed by atoms with E-state index in [0.717, 1.165) is 38.4 Å². The third kappa shape index (κ3) is 4.87. The molecule has 128 valence electrons. The Hall–Kier alpha value is -0.770. The van der Waals surface area contributed by atoms with Crippen LogP contribution in [0.1, 0.15) is 72.1 Å². The number of ether oxygens (including phenoxy) is 1. The number of nitrogens with two attached hydrogens (primary N) is 1. The average molecular weight is 310 g/mol. The van der Waals surface area contributed by atoms with Gasteiger partial charge < -0.3 is 15.4 Å². The summed E-state index contributed by atoms with van der Waals surface area (Å²) in [5.41, 5.74) is 5.98. The fourth-order valence-electron chi connectivity index (χ4n) is 3.99. The van der Waals surface area contributed by atoms with Crippen molar-refractivity contribution in [2.45, 2.75) is 77.7 Å². The lowest BCUT2D eigenvalue weighted by atomic mass is 9.69. The standard InChI is InChI=1S/C18H34N2O2/c1-17(2,3)22-16(21)20-11-9-18(14-19,10-12-20)13-15-7-5-4-6-8-15/h15H,4-14,19H2,1-3H3. The van der Waals surface area contributed by atoms with Crippen molar-refractivity contribution in [1.29, 1.82) is 0 Å². The van der Waals surface area contributed by atoms with Crippen LogP contribution >= 0.6 is 0 Å². The number of hydrogen-bond acceptors (Lipinski definition) is 3. The highest BCUT2D eigenvalue weighted by Gasteiger charge is 2.37. The molecule has 0 aromatic carbocycles. The number of piperidine rings is 1. The molecular weight excluding hydrogens is 276 g/mol. The highest BCUT2D eigenvalue weighted by atomic mass is 16.6. The first-order valence-electron chi connectivity index (χ1n) is 9.02. The number of carbonyl (C=O) groups is 1. The third-order valence-corrected chi connectivity index (χ3v) is 5.36. The van der Waals surface area contributed by atoms with E-state index in [1.807, 2.05) is 25.7 Å². The Bertz CT molecular complexity index is 362. The summed E-state index contributed by atoms with van der Waals surface area (Å²) in [5.74, 6) is 0.852. The minimum atomic E-state index is -0.415. The third-order valence-electron chi connectivity index (χ3n) is 5.36. The van der Waals surface area contributed by atoms with E-state index in [2.05, 4.69) is 0 Å². The fourth-order valence-corrected chi connectivity index (χ4v) is 3.99. The van der Waals surface area contributed by atoms with Gasteiger partial charge >= 0.3 is 6.09 Å². The Morgan fingerprint density at radius 2 is 1.77 bits per heavy atom. The molecule has 1 amide bonds. The molecule has 1 aliphatic carbocycles. The summed E-state index contributed by atoms with van der Waals surface area (Å²) in [6.45, 7) is 8.09. The molecule has 0 radical (unpaired) electrons. The smallest absolute Gasteiger partial charge is 0.410 e. The highest BCUT2D eigenvalue weighted by Crippen LogP contribution is 2.41. The molecule has 4 nitrogen and oxygen atoms in total. The first kappa shape index (κ1) is 17.6. The zero-order valence-corrected chi connectivity index (χ0v) is 14.7. The van der Waals surface area contributed by atoms with Gasteiger partial charge in [-0.05, 0) is 57.9 Å². The molecule has 2 N–H and O–H groups in total. The van der Waals surface area contributed by atoms with Crippen LogP contribution < -0.4 is 5.73 Å². The van der Waals surface area contributed by atoms with E-state index in [1.165, 1.54) is 38.5 Å². The number of likely N-dealkylation sites (tertiary alicyclic amines) is 1. The molecule has 1 heterocycles. The second kappa shape index (κ2) is 7.20. The second-order valence-corrected chi connectivity index (χ2v) is 8.38. The van der Waals surface area contributed by atoms with Crippen LogP contribution in [0.4, 0.5) is 4.79 Å². The Morgan fingerprint density at radius 1 is 1.18 bits per heavy atom. The minimum Gasteiger partial charge on any atom is -0.444 e. The molecule has 0 spiro atoms. The average Bonchev–Trinajstić information content (AvgIpc) is 2.47. The van der Waals surface area contributed by atoms with E-state index in [9.17, 15) is 4.79 Å². The van der Waals surface area contributed by atoms with Crippen LogP contribution in [0.15, 0.2) is 0 Å². The predicted molar refractivity (Wildman–Crippen MR) is 89.7 cm³/mol. The van der Waals surface area contributed by atoms with Crippen molar-refractivity contribution < 1.29 is 9.53 Å². The van der Waals surface area contributed by atoms with Crippen molar-refractivity contribution >= 4 is 6.09 Å². The van der Waals surface area contributed by atoms with Gasteiger partial charge in [0.25, 0.3) is 0 Å². The molecule has 1 aliphatic heterocycles. The lowest BCUT2D eigenvalue weighted by molar-refractivity contribution is 0.00705. The van der Waals surface area contributed by atoms with Gasteiger partial charge in [-0.3, -0.25) is 0 Å². The summed E-state index contributed by atoms with van der Waals surface area (Å²) in [6, 6.07) is 0. The summed E-state index contributed by atoms with van der Waals surface area (Å²) < 4.78 is 5.48. The highest BCUT2D eigenvalue weighted by molar-refractivity contribution is 5.68. The van der Waals surface area contributed by atoms with Gasteiger partial charge in [0, 0.05) is 13.1 Å². The number of nitrogens with zero attached hydrogens (tertiary/aromatic N) is 1. The van der Waals surface area contributed by atoms with Crippen LogP contribution in [0.5, 0.6) is 0 Å². The second-order valence-electron chi connectivity index (χ2n) is 8.38. The van der Waals surface area contributed by atoms with E-state index in [-0.39, 0.29) is 11.5 Å². The summed E-state index contributed by atoms with van der Waals surface area (Å²) in [4.78, 5) is 14.0. The molecule has 2 fully saturated rings. The molecule has 1 saturated carbocycles. The molecule has 0 unspecified atom stereocenters. The maximum atomic E-state index is 12.2. The number of carbonyl (C=O) groups excluding carboxylic acids is 1. The van der Waals surface area contributed by atoms with Crippen molar-refractivity contribution in [2.24, 2.45) is 17.1 Å². The van der Waals surface area contributed by atoms with Crippen molar-refractivity contribution in [3.05, 3.63) is 0 Å². The topological polar surface area (TPSA) is 55.6 Å². The van der Waals surface area contributed by atoms with Crippen LogP contribution in [-0.2, 0) is 4.74 Å². The fraction of sp³-hybridized carbons (Fsp3) is 0.944. The predicted octanol–water partition coefficient (Wildman–Crippen LogP) is 3.93. The van der Waals surface area contributed by atoms with E-state index >= 15 is 0 Å². The Balaban J connectivity index is 1.86. The normalized spacial score (nSPS) is 23.4. The zero-order valence-electron chi connectivity index (χ0n) is 14.7. The molecule has 0 atom stereocenters. The summed E-state index contributed by atoms with van der Waals surface area (Å²) in [7, 11) is 0. The molecular formula is C18H34N2O2. The summed E-state index contributed by atoms with van der Waals surface area (Å²) in [5, 5.41) is 0. The lowest BCUT2D eigenvalue weighted by Crippen LogP contribution is -2.48. The SMILES string of the molecule is CC(C)(C)OC(=O)N1CCC(CN)(CC2CCCCC2)CC1. The molecule has 0 aromatic heterocycles. The maximum Gasteiger partial charge on any atom is 0.410 e.